The van der Waals surface area contributed by atoms with Gasteiger partial charge in [0.25, 0.3) is 0 Å². The highest BCUT2D eigenvalue weighted by Gasteiger charge is 2.24. The van der Waals surface area contributed by atoms with Crippen molar-refractivity contribution in [1.29, 1.82) is 0 Å². The molecule has 2 aromatic heterocycles. The lowest BCUT2D eigenvalue weighted by Gasteiger charge is -2.29. The SMILES string of the molecule is O=C(CCOCC1CCN1)N1CCn2c(nc3cc(Br)cnc32)C1. The molecule has 1 saturated heterocycles. The monoisotopic (exact) mass is 393 g/mol. The van der Waals surface area contributed by atoms with Crippen molar-refractivity contribution in [2.24, 2.45) is 0 Å². The van der Waals surface area contributed by atoms with Crippen molar-refractivity contribution >= 4 is 33.0 Å². The molecule has 24 heavy (non-hydrogen) atoms. The molecule has 128 valence electrons. The Hall–Kier alpha value is -1.51. The van der Waals surface area contributed by atoms with Gasteiger partial charge in [-0.3, -0.25) is 4.79 Å². The maximum Gasteiger partial charge on any atom is 0.225 e. The number of nitrogens with zero attached hydrogens (tertiary/aromatic N) is 4. The highest BCUT2D eigenvalue weighted by molar-refractivity contribution is 9.10. The van der Waals surface area contributed by atoms with Crippen LogP contribution in [0.2, 0.25) is 0 Å². The molecule has 0 saturated carbocycles. The van der Waals surface area contributed by atoms with Crippen LogP contribution in [0.1, 0.15) is 18.7 Å². The van der Waals surface area contributed by atoms with E-state index in [4.69, 9.17) is 4.74 Å². The van der Waals surface area contributed by atoms with Crippen LogP contribution in [-0.4, -0.2) is 57.7 Å². The van der Waals surface area contributed by atoms with Gasteiger partial charge in [0, 0.05) is 29.8 Å². The van der Waals surface area contributed by atoms with Crippen LogP contribution in [-0.2, 0) is 22.6 Å². The van der Waals surface area contributed by atoms with E-state index in [1.165, 1.54) is 6.42 Å². The zero-order valence-electron chi connectivity index (χ0n) is 13.4. The van der Waals surface area contributed by atoms with E-state index in [0.29, 0.717) is 38.8 Å². The van der Waals surface area contributed by atoms with Gasteiger partial charge in [0.1, 0.15) is 11.3 Å². The summed E-state index contributed by atoms with van der Waals surface area (Å²) >= 11 is 3.42. The van der Waals surface area contributed by atoms with E-state index in [1.54, 1.807) is 6.20 Å². The van der Waals surface area contributed by atoms with E-state index in [9.17, 15) is 4.79 Å². The number of hydrogen-bond donors (Lipinski definition) is 1. The van der Waals surface area contributed by atoms with Gasteiger partial charge in [-0.15, -0.1) is 0 Å². The molecule has 1 unspecified atom stereocenters. The predicted octanol–water partition coefficient (Wildman–Crippen LogP) is 1.30. The Labute approximate surface area is 148 Å². The number of amides is 1. The van der Waals surface area contributed by atoms with Gasteiger partial charge >= 0.3 is 0 Å². The molecule has 8 heteroatoms. The lowest BCUT2D eigenvalue weighted by Crippen LogP contribution is -2.46. The van der Waals surface area contributed by atoms with Crippen molar-refractivity contribution in [1.82, 2.24) is 24.8 Å². The van der Waals surface area contributed by atoms with Crippen molar-refractivity contribution in [2.45, 2.75) is 32.0 Å². The third kappa shape index (κ3) is 3.18. The first-order valence-electron chi connectivity index (χ1n) is 8.30. The number of hydrogen-bond acceptors (Lipinski definition) is 5. The molecule has 4 heterocycles. The zero-order chi connectivity index (χ0) is 16.5. The second kappa shape index (κ2) is 6.78. The first kappa shape index (κ1) is 16.0. The van der Waals surface area contributed by atoms with Crippen LogP contribution in [0, 0.1) is 0 Å². The summed E-state index contributed by atoms with van der Waals surface area (Å²) in [6.07, 6.45) is 3.38. The van der Waals surface area contributed by atoms with Gasteiger partial charge < -0.3 is 19.5 Å². The first-order chi connectivity index (χ1) is 11.7. The standard InChI is InChI=1S/C16H20BrN5O2/c17-11-7-13-16(19-8-11)22-5-4-21(9-14(22)20-13)15(23)2-6-24-10-12-1-3-18-12/h7-8,12,18H,1-6,9-10H2. The summed E-state index contributed by atoms with van der Waals surface area (Å²) < 4.78 is 8.60. The fourth-order valence-corrected chi connectivity index (χ4v) is 3.43. The van der Waals surface area contributed by atoms with Crippen molar-refractivity contribution in [3.8, 4) is 0 Å². The molecule has 1 atom stereocenters. The Morgan fingerprint density at radius 3 is 3.12 bits per heavy atom. The van der Waals surface area contributed by atoms with Gasteiger partial charge in [0.2, 0.25) is 5.91 Å². The fourth-order valence-electron chi connectivity index (χ4n) is 3.11. The minimum Gasteiger partial charge on any atom is -0.379 e. The number of pyridine rings is 1. The molecule has 0 bridgehead atoms. The van der Waals surface area contributed by atoms with Gasteiger partial charge in [-0.05, 0) is 35.0 Å². The second-order valence-electron chi connectivity index (χ2n) is 6.26. The van der Waals surface area contributed by atoms with Crippen molar-refractivity contribution in [3.63, 3.8) is 0 Å². The van der Waals surface area contributed by atoms with Crippen LogP contribution >= 0.6 is 15.9 Å². The summed E-state index contributed by atoms with van der Waals surface area (Å²) in [7, 11) is 0. The van der Waals surface area contributed by atoms with E-state index < -0.39 is 0 Å². The van der Waals surface area contributed by atoms with E-state index in [2.05, 4.69) is 35.8 Å². The first-order valence-corrected chi connectivity index (χ1v) is 9.09. The largest absolute Gasteiger partial charge is 0.379 e. The average molecular weight is 394 g/mol. The summed E-state index contributed by atoms with van der Waals surface area (Å²) in [6, 6.07) is 2.43. The lowest BCUT2D eigenvalue weighted by atomic mass is 10.1. The number of carbonyl (C=O) groups excluding carboxylic acids is 1. The maximum absolute atomic E-state index is 12.4. The van der Waals surface area contributed by atoms with Crippen molar-refractivity contribution in [2.75, 3.05) is 26.3 Å². The van der Waals surface area contributed by atoms with Crippen molar-refractivity contribution < 1.29 is 9.53 Å². The second-order valence-corrected chi connectivity index (χ2v) is 7.17. The normalized spacial score (nSPS) is 20.0. The van der Waals surface area contributed by atoms with E-state index in [1.807, 2.05) is 11.0 Å². The molecule has 0 aliphatic carbocycles. The molecule has 2 aliphatic heterocycles. The molecule has 2 aliphatic rings. The fraction of sp³-hybridized carbons (Fsp3) is 0.562. The Kier molecular flexibility index (Phi) is 4.51. The van der Waals surface area contributed by atoms with Crippen LogP contribution in [0.4, 0.5) is 0 Å². The minimum absolute atomic E-state index is 0.129. The topological polar surface area (TPSA) is 72.3 Å². The molecule has 7 nitrogen and oxygen atoms in total. The van der Waals surface area contributed by atoms with Crippen LogP contribution < -0.4 is 5.32 Å². The molecule has 1 amide bonds. The zero-order valence-corrected chi connectivity index (χ0v) is 15.0. The summed E-state index contributed by atoms with van der Waals surface area (Å²) in [5, 5.41) is 3.28. The molecular formula is C16H20BrN5O2. The molecular weight excluding hydrogens is 374 g/mol. The van der Waals surface area contributed by atoms with Gasteiger partial charge in [-0.2, -0.15) is 0 Å². The maximum atomic E-state index is 12.4. The molecule has 0 spiro atoms. The number of fused-ring (bicyclic) bond motifs is 3. The number of ether oxygens (including phenoxy) is 1. The van der Waals surface area contributed by atoms with E-state index >= 15 is 0 Å². The highest BCUT2D eigenvalue weighted by atomic mass is 79.9. The lowest BCUT2D eigenvalue weighted by molar-refractivity contribution is -0.134. The third-order valence-corrected chi connectivity index (χ3v) is 5.05. The van der Waals surface area contributed by atoms with Gasteiger partial charge in [0.05, 0.1) is 26.2 Å². The molecule has 0 radical (unpaired) electrons. The summed E-state index contributed by atoms with van der Waals surface area (Å²) in [5.74, 6) is 1.03. The molecule has 1 fully saturated rings. The number of imidazole rings is 1. The Bertz CT molecular complexity index is 758. The van der Waals surface area contributed by atoms with Gasteiger partial charge in [-0.1, -0.05) is 0 Å². The highest BCUT2D eigenvalue weighted by Crippen LogP contribution is 2.22. The quantitative estimate of drug-likeness (QED) is 0.775. The molecule has 0 aromatic carbocycles. The Morgan fingerprint density at radius 2 is 2.33 bits per heavy atom. The van der Waals surface area contributed by atoms with E-state index in [0.717, 1.165) is 34.6 Å². The number of aromatic nitrogens is 3. The van der Waals surface area contributed by atoms with Crippen molar-refractivity contribution in [3.05, 3.63) is 22.6 Å². The summed E-state index contributed by atoms with van der Waals surface area (Å²) in [4.78, 5) is 23.3. The van der Waals surface area contributed by atoms with E-state index in [-0.39, 0.29) is 5.91 Å². The summed E-state index contributed by atoms with van der Waals surface area (Å²) in [5.41, 5.74) is 1.75. The average Bonchev–Trinajstić information content (AvgIpc) is 2.89. The predicted molar refractivity (Wildman–Crippen MR) is 92.5 cm³/mol. The minimum atomic E-state index is 0.129. The van der Waals surface area contributed by atoms with Crippen LogP contribution in [0.5, 0.6) is 0 Å². The Balaban J connectivity index is 1.35. The number of rotatable bonds is 5. The van der Waals surface area contributed by atoms with Crippen LogP contribution in [0.15, 0.2) is 16.7 Å². The van der Waals surface area contributed by atoms with Crippen LogP contribution in [0.3, 0.4) is 0 Å². The number of halogens is 1. The van der Waals surface area contributed by atoms with Gasteiger partial charge in [-0.25, -0.2) is 9.97 Å². The molecule has 2 aromatic rings. The Morgan fingerprint density at radius 1 is 1.46 bits per heavy atom. The van der Waals surface area contributed by atoms with Gasteiger partial charge in [0.15, 0.2) is 5.65 Å². The smallest absolute Gasteiger partial charge is 0.225 e. The number of nitrogens with one attached hydrogen (secondary N) is 1. The third-order valence-electron chi connectivity index (χ3n) is 4.61. The molecule has 4 rings (SSSR count). The van der Waals surface area contributed by atoms with Crippen LogP contribution in [0.25, 0.3) is 11.2 Å². The number of carbonyl (C=O) groups is 1. The molecule has 1 N–H and O–H groups in total. The summed E-state index contributed by atoms with van der Waals surface area (Å²) in [6.45, 7) is 4.23.